The van der Waals surface area contributed by atoms with Gasteiger partial charge in [-0.25, -0.2) is 4.39 Å². The first-order valence-corrected chi connectivity index (χ1v) is 4.58. The molecule has 0 aliphatic heterocycles. The van der Waals surface area contributed by atoms with E-state index in [1.807, 2.05) is 0 Å². The van der Waals surface area contributed by atoms with E-state index in [1.54, 1.807) is 24.3 Å². The molecule has 1 atom stereocenters. The highest BCUT2D eigenvalue weighted by atomic mass is 19.1. The molecule has 76 valence electrons. The van der Waals surface area contributed by atoms with Crippen molar-refractivity contribution in [2.24, 2.45) is 0 Å². The van der Waals surface area contributed by atoms with E-state index in [0.717, 1.165) is 5.69 Å². The van der Waals surface area contributed by atoms with Crippen molar-refractivity contribution in [3.63, 3.8) is 0 Å². The van der Waals surface area contributed by atoms with Gasteiger partial charge in [-0.1, -0.05) is 0 Å². The molecule has 3 heteroatoms. The van der Waals surface area contributed by atoms with Crippen LogP contribution in [-0.2, 0) is 0 Å². The fraction of sp³-hybridized carbons (Fsp3) is 0.364. The Morgan fingerprint density at radius 1 is 1.43 bits per heavy atom. The van der Waals surface area contributed by atoms with Crippen molar-refractivity contribution in [3.8, 4) is 0 Å². The van der Waals surface area contributed by atoms with E-state index >= 15 is 0 Å². The van der Waals surface area contributed by atoms with E-state index in [0.29, 0.717) is 12.1 Å². The number of Topliss-reactive ketones (excluding diaryl/α,β-unsaturated/α-hetero) is 1. The molecule has 0 fully saturated rings. The first-order chi connectivity index (χ1) is 6.59. The predicted molar refractivity (Wildman–Crippen MR) is 55.5 cm³/mol. The van der Waals surface area contributed by atoms with E-state index in [2.05, 4.69) is 5.32 Å². The Morgan fingerprint density at radius 2 is 2.00 bits per heavy atom. The van der Waals surface area contributed by atoms with Gasteiger partial charge in [0.05, 0.1) is 0 Å². The second-order valence-electron chi connectivity index (χ2n) is 3.30. The molecule has 0 heterocycles. The highest BCUT2D eigenvalue weighted by molar-refractivity contribution is 5.94. The highest BCUT2D eigenvalue weighted by Crippen LogP contribution is 2.10. The van der Waals surface area contributed by atoms with Crippen molar-refractivity contribution in [2.45, 2.75) is 20.0 Å². The van der Waals surface area contributed by atoms with Gasteiger partial charge in [0.15, 0.2) is 5.78 Å². The van der Waals surface area contributed by atoms with Gasteiger partial charge in [-0.3, -0.25) is 4.79 Å². The summed E-state index contributed by atoms with van der Waals surface area (Å²) in [6, 6.07) is 7.01. The van der Waals surface area contributed by atoms with Gasteiger partial charge in [-0.2, -0.15) is 0 Å². The van der Waals surface area contributed by atoms with Gasteiger partial charge in [0, 0.05) is 17.8 Å². The number of benzene rings is 1. The molecule has 1 unspecified atom stereocenters. The van der Waals surface area contributed by atoms with Crippen LogP contribution in [0.2, 0.25) is 0 Å². The number of hydrogen-bond acceptors (Lipinski definition) is 2. The summed E-state index contributed by atoms with van der Waals surface area (Å²) in [5.41, 5.74) is 1.50. The Morgan fingerprint density at radius 3 is 2.43 bits per heavy atom. The number of rotatable bonds is 4. The maximum atomic E-state index is 12.5. The van der Waals surface area contributed by atoms with Crippen molar-refractivity contribution in [3.05, 3.63) is 29.8 Å². The minimum Gasteiger partial charge on any atom is -0.382 e. The summed E-state index contributed by atoms with van der Waals surface area (Å²) >= 11 is 0. The molecule has 14 heavy (non-hydrogen) atoms. The van der Waals surface area contributed by atoms with Crippen molar-refractivity contribution in [1.82, 2.24) is 0 Å². The molecule has 1 aromatic carbocycles. The molecule has 0 amide bonds. The first-order valence-electron chi connectivity index (χ1n) is 4.58. The molecule has 0 saturated heterocycles. The summed E-state index contributed by atoms with van der Waals surface area (Å²) in [5.74, 6) is 0.0374. The zero-order chi connectivity index (χ0) is 10.6. The average Bonchev–Trinajstić information content (AvgIpc) is 2.15. The fourth-order valence-corrected chi connectivity index (χ4v) is 1.08. The average molecular weight is 195 g/mol. The molecule has 0 aliphatic rings. The van der Waals surface area contributed by atoms with Crippen LogP contribution in [0, 0.1) is 0 Å². The van der Waals surface area contributed by atoms with Gasteiger partial charge >= 0.3 is 0 Å². The lowest BCUT2D eigenvalue weighted by Crippen LogP contribution is -2.11. The number of hydrogen-bond donors (Lipinski definition) is 1. The van der Waals surface area contributed by atoms with Crippen LogP contribution in [0.5, 0.6) is 0 Å². The third kappa shape index (κ3) is 3.17. The van der Waals surface area contributed by atoms with Gasteiger partial charge in [-0.15, -0.1) is 0 Å². The van der Waals surface area contributed by atoms with E-state index in [4.69, 9.17) is 0 Å². The zero-order valence-electron chi connectivity index (χ0n) is 8.38. The Balaban J connectivity index is 2.60. The maximum Gasteiger partial charge on any atom is 0.159 e. The monoisotopic (exact) mass is 195 g/mol. The van der Waals surface area contributed by atoms with E-state index in [-0.39, 0.29) is 5.78 Å². The van der Waals surface area contributed by atoms with Crippen LogP contribution in [0.15, 0.2) is 24.3 Å². The second-order valence-corrected chi connectivity index (χ2v) is 3.30. The minimum absolute atomic E-state index is 0.0374. The summed E-state index contributed by atoms with van der Waals surface area (Å²) in [6.07, 6.45) is -0.873. The molecule has 0 spiro atoms. The van der Waals surface area contributed by atoms with Crippen LogP contribution in [0.4, 0.5) is 10.1 Å². The number of alkyl halides is 1. The predicted octanol–water partition coefficient (Wildman–Crippen LogP) is 2.66. The SMILES string of the molecule is CC(=O)c1ccc(NCC(C)F)cc1. The highest BCUT2D eigenvalue weighted by Gasteiger charge is 2.00. The molecule has 1 N–H and O–H groups in total. The molecule has 0 bridgehead atoms. The molecule has 0 radical (unpaired) electrons. The van der Waals surface area contributed by atoms with Crippen LogP contribution in [0.1, 0.15) is 24.2 Å². The number of ketones is 1. The molecular weight excluding hydrogens is 181 g/mol. The van der Waals surface area contributed by atoms with Crippen LogP contribution < -0.4 is 5.32 Å². The molecule has 2 nitrogen and oxygen atoms in total. The molecule has 0 aliphatic carbocycles. The minimum atomic E-state index is -0.873. The van der Waals surface area contributed by atoms with Crippen molar-refractivity contribution < 1.29 is 9.18 Å². The lowest BCUT2D eigenvalue weighted by atomic mass is 10.1. The number of anilines is 1. The lowest BCUT2D eigenvalue weighted by Gasteiger charge is -2.06. The van der Waals surface area contributed by atoms with Crippen LogP contribution >= 0.6 is 0 Å². The lowest BCUT2D eigenvalue weighted by molar-refractivity contribution is 0.101. The van der Waals surface area contributed by atoms with Crippen LogP contribution in [0.25, 0.3) is 0 Å². The Bertz CT molecular complexity index is 306. The van der Waals surface area contributed by atoms with Crippen LogP contribution in [-0.4, -0.2) is 18.5 Å². The summed E-state index contributed by atoms with van der Waals surface area (Å²) in [5, 5.41) is 2.92. The van der Waals surface area contributed by atoms with Gasteiger partial charge < -0.3 is 5.32 Å². The summed E-state index contributed by atoms with van der Waals surface area (Å²) in [4.78, 5) is 10.9. The number of carbonyl (C=O) groups excluding carboxylic acids is 1. The number of halogens is 1. The quantitative estimate of drug-likeness (QED) is 0.748. The molecule has 1 rings (SSSR count). The van der Waals surface area contributed by atoms with E-state index < -0.39 is 6.17 Å². The van der Waals surface area contributed by atoms with Gasteiger partial charge in [0.2, 0.25) is 0 Å². The number of nitrogens with one attached hydrogen (secondary N) is 1. The van der Waals surface area contributed by atoms with E-state index in [1.165, 1.54) is 13.8 Å². The van der Waals surface area contributed by atoms with Crippen molar-refractivity contribution in [1.29, 1.82) is 0 Å². The zero-order valence-corrected chi connectivity index (χ0v) is 8.38. The molecule has 0 saturated carbocycles. The summed E-state index contributed by atoms with van der Waals surface area (Å²) in [6.45, 7) is 3.31. The van der Waals surface area contributed by atoms with E-state index in [9.17, 15) is 9.18 Å². The molecular formula is C11H14FNO. The Labute approximate surface area is 83.1 Å². The summed E-state index contributed by atoms with van der Waals surface area (Å²) in [7, 11) is 0. The maximum absolute atomic E-state index is 12.5. The fourth-order valence-electron chi connectivity index (χ4n) is 1.08. The standard InChI is InChI=1S/C11H14FNO/c1-8(12)7-13-11-5-3-10(4-6-11)9(2)14/h3-6,8,13H,7H2,1-2H3. The van der Waals surface area contributed by atoms with Gasteiger partial charge in [-0.05, 0) is 38.1 Å². The van der Waals surface area contributed by atoms with Crippen LogP contribution in [0.3, 0.4) is 0 Å². The smallest absolute Gasteiger partial charge is 0.159 e. The Hall–Kier alpha value is -1.38. The van der Waals surface area contributed by atoms with Gasteiger partial charge in [0.1, 0.15) is 6.17 Å². The van der Waals surface area contributed by atoms with Gasteiger partial charge in [0.25, 0.3) is 0 Å². The normalized spacial score (nSPS) is 12.2. The van der Waals surface area contributed by atoms with Crippen molar-refractivity contribution in [2.75, 3.05) is 11.9 Å². The summed E-state index contributed by atoms with van der Waals surface area (Å²) < 4.78 is 12.5. The topological polar surface area (TPSA) is 29.1 Å². The largest absolute Gasteiger partial charge is 0.382 e. The third-order valence-electron chi connectivity index (χ3n) is 1.88. The first kappa shape index (κ1) is 10.7. The van der Waals surface area contributed by atoms with Crippen molar-refractivity contribution >= 4 is 11.5 Å². The second kappa shape index (κ2) is 4.74. The molecule has 0 aromatic heterocycles. The number of carbonyl (C=O) groups is 1. The molecule has 1 aromatic rings. The Kier molecular flexibility index (Phi) is 3.63. The third-order valence-corrected chi connectivity index (χ3v) is 1.88.